The number of hydrogen-bond donors (Lipinski definition) is 1. The van der Waals surface area contributed by atoms with Crippen molar-refractivity contribution in [2.45, 2.75) is 87.3 Å². The fourth-order valence-corrected chi connectivity index (χ4v) is 2.31. The van der Waals surface area contributed by atoms with Gasteiger partial charge in [-0.2, -0.15) is 0 Å². The summed E-state index contributed by atoms with van der Waals surface area (Å²) in [6, 6.07) is 0. The Hall–Kier alpha value is -0.570. The van der Waals surface area contributed by atoms with Gasteiger partial charge in [-0.1, -0.05) is 41.5 Å². The summed E-state index contributed by atoms with van der Waals surface area (Å²) < 4.78 is 5.64. The van der Waals surface area contributed by atoms with Crippen LogP contribution in [0, 0.1) is 16.7 Å². The number of hydrogen-bond acceptors (Lipinski definition) is 2. The largest absolute Gasteiger partial charge is 0.376 e. The maximum absolute atomic E-state index is 12.7. The van der Waals surface area contributed by atoms with Crippen molar-refractivity contribution in [2.75, 3.05) is 6.61 Å². The molecule has 0 spiro atoms. The second kappa shape index (κ2) is 7.13. The molecule has 0 saturated carbocycles. The molecule has 0 bridgehead atoms. The summed E-state index contributed by atoms with van der Waals surface area (Å²) in [6.07, 6.45) is 1.04. The molecule has 0 aliphatic rings. The van der Waals surface area contributed by atoms with Gasteiger partial charge in [-0.25, -0.2) is 0 Å². The maximum atomic E-state index is 12.7. The van der Waals surface area contributed by atoms with Crippen LogP contribution in [-0.2, 0) is 9.53 Å². The first kappa shape index (κ1) is 20.4. The molecule has 0 heterocycles. The summed E-state index contributed by atoms with van der Waals surface area (Å²) in [6.45, 7) is 21.5. The summed E-state index contributed by atoms with van der Waals surface area (Å²) in [5.41, 5.74) is -0.594. The highest BCUT2D eigenvalue weighted by molar-refractivity contribution is 5.82. The van der Waals surface area contributed by atoms with Crippen LogP contribution in [0.1, 0.15) is 75.7 Å². The number of nitrogens with one attached hydrogen (secondary N) is 1. The number of rotatable bonds is 8. The monoisotopic (exact) mass is 299 g/mol. The Bertz CT molecular complexity index is 341. The molecule has 21 heavy (non-hydrogen) atoms. The van der Waals surface area contributed by atoms with Gasteiger partial charge >= 0.3 is 0 Å². The molecule has 0 rings (SSSR count). The standard InChI is InChI=1S/C18H37NO2/c1-13(2)16(5,6)11-17(7,8)15(20)19-18(9,10)12-21-14(3)4/h13-14H,11-12H2,1-10H3,(H,19,20). The molecular formula is C18H37NO2. The molecule has 0 radical (unpaired) electrons. The average molecular weight is 299 g/mol. The summed E-state index contributed by atoms with van der Waals surface area (Å²) in [5.74, 6) is 0.649. The Labute approximate surface area is 132 Å². The first-order valence-corrected chi connectivity index (χ1v) is 8.14. The van der Waals surface area contributed by atoms with Gasteiger partial charge in [0.2, 0.25) is 5.91 Å². The van der Waals surface area contributed by atoms with E-state index in [9.17, 15) is 4.79 Å². The van der Waals surface area contributed by atoms with Gasteiger partial charge < -0.3 is 10.1 Å². The molecule has 0 aromatic heterocycles. The van der Waals surface area contributed by atoms with E-state index in [0.717, 1.165) is 6.42 Å². The average Bonchev–Trinajstić information content (AvgIpc) is 2.24. The maximum Gasteiger partial charge on any atom is 0.226 e. The zero-order chi connectivity index (χ0) is 17.1. The lowest BCUT2D eigenvalue weighted by molar-refractivity contribution is -0.134. The molecule has 1 amide bonds. The Morgan fingerprint density at radius 2 is 1.48 bits per heavy atom. The molecule has 0 aromatic carbocycles. The van der Waals surface area contributed by atoms with Gasteiger partial charge in [0.15, 0.2) is 0 Å². The Kier molecular flexibility index (Phi) is 6.93. The topological polar surface area (TPSA) is 38.3 Å². The SMILES string of the molecule is CC(C)OCC(C)(C)NC(=O)C(C)(C)CC(C)(C)C(C)C. The second-order valence-corrected chi connectivity index (χ2v) is 8.90. The molecule has 3 heteroatoms. The van der Waals surface area contributed by atoms with Crippen molar-refractivity contribution >= 4 is 5.91 Å². The molecule has 0 aromatic rings. The van der Waals surface area contributed by atoms with Crippen molar-refractivity contribution in [2.24, 2.45) is 16.7 Å². The normalized spacial score (nSPS) is 13.9. The predicted molar refractivity (Wildman–Crippen MR) is 90.3 cm³/mol. The van der Waals surface area contributed by atoms with Crippen LogP contribution in [0.4, 0.5) is 0 Å². The smallest absolute Gasteiger partial charge is 0.226 e. The highest BCUT2D eigenvalue weighted by atomic mass is 16.5. The van der Waals surface area contributed by atoms with Crippen molar-refractivity contribution in [3.8, 4) is 0 Å². The zero-order valence-corrected chi connectivity index (χ0v) is 15.9. The minimum atomic E-state index is -0.386. The van der Waals surface area contributed by atoms with E-state index >= 15 is 0 Å². The second-order valence-electron chi connectivity index (χ2n) is 8.90. The zero-order valence-electron chi connectivity index (χ0n) is 15.9. The van der Waals surface area contributed by atoms with Crippen molar-refractivity contribution in [3.63, 3.8) is 0 Å². The predicted octanol–water partition coefficient (Wildman–Crippen LogP) is 4.40. The van der Waals surface area contributed by atoms with Crippen LogP contribution in [0.25, 0.3) is 0 Å². The third-order valence-corrected chi connectivity index (χ3v) is 4.30. The van der Waals surface area contributed by atoms with Crippen molar-refractivity contribution < 1.29 is 9.53 Å². The van der Waals surface area contributed by atoms with E-state index in [4.69, 9.17) is 4.74 Å². The number of ether oxygens (including phenoxy) is 1. The van der Waals surface area contributed by atoms with Gasteiger partial charge in [0, 0.05) is 5.41 Å². The van der Waals surface area contributed by atoms with Crippen LogP contribution in [0.15, 0.2) is 0 Å². The lowest BCUT2D eigenvalue weighted by Gasteiger charge is -2.39. The third kappa shape index (κ3) is 7.30. The highest BCUT2D eigenvalue weighted by Gasteiger charge is 2.38. The first-order chi connectivity index (χ1) is 9.19. The molecular weight excluding hydrogens is 262 g/mol. The molecule has 0 fully saturated rings. The van der Waals surface area contributed by atoms with E-state index < -0.39 is 0 Å². The van der Waals surface area contributed by atoms with Gasteiger partial charge in [-0.15, -0.1) is 0 Å². The Morgan fingerprint density at radius 1 is 1.00 bits per heavy atom. The molecule has 0 unspecified atom stereocenters. The van der Waals surface area contributed by atoms with Gasteiger partial charge in [0.05, 0.1) is 18.2 Å². The number of amides is 1. The summed E-state index contributed by atoms with van der Waals surface area (Å²) in [5, 5.41) is 3.15. The van der Waals surface area contributed by atoms with Gasteiger partial charge in [-0.3, -0.25) is 4.79 Å². The van der Waals surface area contributed by atoms with E-state index in [-0.39, 0.29) is 28.4 Å². The van der Waals surface area contributed by atoms with Gasteiger partial charge in [0.25, 0.3) is 0 Å². The Morgan fingerprint density at radius 3 is 1.86 bits per heavy atom. The fraction of sp³-hybridized carbons (Fsp3) is 0.944. The minimum Gasteiger partial charge on any atom is -0.376 e. The van der Waals surface area contributed by atoms with Crippen LogP contribution >= 0.6 is 0 Å². The lowest BCUT2D eigenvalue weighted by Crippen LogP contribution is -2.52. The van der Waals surface area contributed by atoms with Crippen molar-refractivity contribution in [3.05, 3.63) is 0 Å². The van der Waals surface area contributed by atoms with Crippen LogP contribution in [0.3, 0.4) is 0 Å². The van der Waals surface area contributed by atoms with E-state index in [0.29, 0.717) is 12.5 Å². The summed E-state index contributed by atoms with van der Waals surface area (Å²) in [4.78, 5) is 12.7. The molecule has 0 aliphatic heterocycles. The number of carbonyl (C=O) groups is 1. The first-order valence-electron chi connectivity index (χ1n) is 8.14. The molecule has 0 saturated heterocycles. The molecule has 0 aliphatic carbocycles. The van der Waals surface area contributed by atoms with Crippen molar-refractivity contribution in [1.82, 2.24) is 5.32 Å². The van der Waals surface area contributed by atoms with E-state index in [1.807, 2.05) is 41.5 Å². The quantitative estimate of drug-likeness (QED) is 0.721. The molecule has 126 valence electrons. The Balaban J connectivity index is 4.76. The lowest BCUT2D eigenvalue weighted by atomic mass is 9.69. The minimum absolute atomic E-state index is 0.105. The number of carbonyl (C=O) groups excluding carboxylic acids is 1. The van der Waals surface area contributed by atoms with Crippen LogP contribution in [-0.4, -0.2) is 24.2 Å². The van der Waals surface area contributed by atoms with Crippen molar-refractivity contribution in [1.29, 1.82) is 0 Å². The van der Waals surface area contributed by atoms with Crippen LogP contribution < -0.4 is 5.32 Å². The highest BCUT2D eigenvalue weighted by Crippen LogP contribution is 2.39. The fourth-order valence-electron chi connectivity index (χ4n) is 2.31. The van der Waals surface area contributed by atoms with E-state index in [1.54, 1.807) is 0 Å². The van der Waals surface area contributed by atoms with E-state index in [1.165, 1.54) is 0 Å². The summed E-state index contributed by atoms with van der Waals surface area (Å²) in [7, 11) is 0. The van der Waals surface area contributed by atoms with Gasteiger partial charge in [0.1, 0.15) is 0 Å². The van der Waals surface area contributed by atoms with E-state index in [2.05, 4.69) is 33.0 Å². The van der Waals surface area contributed by atoms with Gasteiger partial charge in [-0.05, 0) is 45.4 Å². The molecule has 0 atom stereocenters. The third-order valence-electron chi connectivity index (χ3n) is 4.30. The molecule has 1 N–H and O–H groups in total. The molecule has 3 nitrogen and oxygen atoms in total. The van der Waals surface area contributed by atoms with Crippen LogP contribution in [0.2, 0.25) is 0 Å². The van der Waals surface area contributed by atoms with Crippen LogP contribution in [0.5, 0.6) is 0 Å². The summed E-state index contributed by atoms with van der Waals surface area (Å²) >= 11 is 0.